The summed E-state index contributed by atoms with van der Waals surface area (Å²) in [6, 6.07) is 3.46. The Morgan fingerprint density at radius 2 is 2.24 bits per heavy atom. The Morgan fingerprint density at radius 3 is 2.76 bits per heavy atom. The summed E-state index contributed by atoms with van der Waals surface area (Å²) in [6.45, 7) is 0.274. The fourth-order valence-corrected chi connectivity index (χ4v) is 1.46. The summed E-state index contributed by atoms with van der Waals surface area (Å²) >= 11 is 0. The molecule has 1 aromatic rings. The number of carbonyl (C=O) groups is 1. The molecule has 92 valence electrons. The number of nitrogens with zero attached hydrogens (tertiary/aromatic N) is 2. The van der Waals surface area contributed by atoms with E-state index in [2.05, 4.69) is 4.98 Å². The van der Waals surface area contributed by atoms with Crippen LogP contribution in [0.1, 0.15) is 29.0 Å². The molecule has 0 bridgehead atoms. The molecule has 1 aromatic heterocycles. The van der Waals surface area contributed by atoms with Gasteiger partial charge >= 0.3 is 0 Å². The molecule has 0 saturated heterocycles. The van der Waals surface area contributed by atoms with Gasteiger partial charge in [0.1, 0.15) is 11.4 Å². The normalized spacial score (nSPS) is 14.5. The van der Waals surface area contributed by atoms with Gasteiger partial charge in [-0.05, 0) is 25.0 Å². The Balaban J connectivity index is 2.23. The highest BCUT2D eigenvalue weighted by molar-refractivity contribution is 5.92. The van der Waals surface area contributed by atoms with Crippen molar-refractivity contribution in [3.8, 4) is 5.75 Å². The summed E-state index contributed by atoms with van der Waals surface area (Å²) in [5, 5.41) is 0. The van der Waals surface area contributed by atoms with Crippen LogP contribution in [0, 0.1) is 0 Å². The molecule has 0 spiro atoms. The number of nitrogens with two attached hydrogens (primary N) is 1. The first kappa shape index (κ1) is 11.9. The zero-order chi connectivity index (χ0) is 12.4. The third-order valence-corrected chi connectivity index (χ3v) is 2.57. The van der Waals surface area contributed by atoms with E-state index in [1.54, 1.807) is 26.2 Å². The SMILES string of the molecule is CN(C)C(=O)c1ccc(OC2CC2)c(CN)n1. The molecule has 1 fully saturated rings. The van der Waals surface area contributed by atoms with E-state index in [-0.39, 0.29) is 12.5 Å². The summed E-state index contributed by atoms with van der Waals surface area (Å²) in [6.07, 6.45) is 2.47. The van der Waals surface area contributed by atoms with E-state index >= 15 is 0 Å². The molecule has 5 nitrogen and oxygen atoms in total. The molecular formula is C12H17N3O2. The number of aromatic nitrogens is 1. The van der Waals surface area contributed by atoms with E-state index in [4.69, 9.17) is 10.5 Å². The predicted octanol–water partition coefficient (Wildman–Crippen LogP) is 0.783. The minimum atomic E-state index is -0.127. The van der Waals surface area contributed by atoms with Crippen LogP contribution in [0.2, 0.25) is 0 Å². The van der Waals surface area contributed by atoms with E-state index in [9.17, 15) is 4.79 Å². The number of amides is 1. The first-order chi connectivity index (χ1) is 8.11. The van der Waals surface area contributed by atoms with Crippen molar-refractivity contribution in [2.24, 2.45) is 5.73 Å². The van der Waals surface area contributed by atoms with Crippen LogP contribution in [0.25, 0.3) is 0 Å². The second-order valence-corrected chi connectivity index (χ2v) is 4.36. The topological polar surface area (TPSA) is 68.5 Å². The molecule has 0 atom stereocenters. The summed E-state index contributed by atoms with van der Waals surface area (Å²) in [4.78, 5) is 17.5. The third-order valence-electron chi connectivity index (χ3n) is 2.57. The minimum Gasteiger partial charge on any atom is -0.488 e. The van der Waals surface area contributed by atoms with Crippen molar-refractivity contribution < 1.29 is 9.53 Å². The molecule has 1 aliphatic carbocycles. The maximum absolute atomic E-state index is 11.7. The second-order valence-electron chi connectivity index (χ2n) is 4.36. The van der Waals surface area contributed by atoms with Gasteiger partial charge in [0.2, 0.25) is 0 Å². The van der Waals surface area contributed by atoms with E-state index in [1.165, 1.54) is 4.90 Å². The lowest BCUT2D eigenvalue weighted by Gasteiger charge is -2.13. The average molecular weight is 235 g/mol. The Morgan fingerprint density at radius 1 is 1.53 bits per heavy atom. The Labute approximate surface area is 101 Å². The number of ether oxygens (including phenoxy) is 1. The smallest absolute Gasteiger partial charge is 0.271 e. The summed E-state index contributed by atoms with van der Waals surface area (Å²) in [5.41, 5.74) is 6.67. The van der Waals surface area contributed by atoms with Crippen molar-refractivity contribution in [3.63, 3.8) is 0 Å². The van der Waals surface area contributed by atoms with Crippen molar-refractivity contribution in [2.45, 2.75) is 25.5 Å². The lowest BCUT2D eigenvalue weighted by molar-refractivity contribution is 0.0821. The van der Waals surface area contributed by atoms with Gasteiger partial charge in [-0.15, -0.1) is 0 Å². The van der Waals surface area contributed by atoms with Crippen molar-refractivity contribution in [1.82, 2.24) is 9.88 Å². The van der Waals surface area contributed by atoms with Gasteiger partial charge in [-0.1, -0.05) is 0 Å². The number of carbonyl (C=O) groups excluding carboxylic acids is 1. The maximum Gasteiger partial charge on any atom is 0.271 e. The molecule has 1 aliphatic rings. The van der Waals surface area contributed by atoms with Gasteiger partial charge in [0, 0.05) is 20.6 Å². The zero-order valence-electron chi connectivity index (χ0n) is 10.1. The van der Waals surface area contributed by atoms with Crippen LogP contribution in [0.3, 0.4) is 0 Å². The lowest BCUT2D eigenvalue weighted by atomic mass is 10.2. The molecule has 2 rings (SSSR count). The molecule has 0 aliphatic heterocycles. The first-order valence-electron chi connectivity index (χ1n) is 5.70. The Hall–Kier alpha value is -1.62. The lowest BCUT2D eigenvalue weighted by Crippen LogP contribution is -2.23. The quantitative estimate of drug-likeness (QED) is 0.837. The van der Waals surface area contributed by atoms with Crippen LogP contribution >= 0.6 is 0 Å². The zero-order valence-corrected chi connectivity index (χ0v) is 10.1. The Bertz CT molecular complexity index is 428. The summed E-state index contributed by atoms with van der Waals surface area (Å²) in [5.74, 6) is 0.572. The fourth-order valence-electron chi connectivity index (χ4n) is 1.46. The van der Waals surface area contributed by atoms with Crippen molar-refractivity contribution in [1.29, 1.82) is 0 Å². The fraction of sp³-hybridized carbons (Fsp3) is 0.500. The van der Waals surface area contributed by atoms with E-state index in [0.29, 0.717) is 23.2 Å². The molecule has 0 radical (unpaired) electrons. The largest absolute Gasteiger partial charge is 0.488 e. The average Bonchev–Trinajstić information content (AvgIpc) is 3.12. The molecule has 1 heterocycles. The third kappa shape index (κ3) is 2.74. The van der Waals surface area contributed by atoms with Crippen LogP contribution in [0.15, 0.2) is 12.1 Å². The van der Waals surface area contributed by atoms with E-state index in [0.717, 1.165) is 12.8 Å². The predicted molar refractivity (Wildman–Crippen MR) is 63.8 cm³/mol. The van der Waals surface area contributed by atoms with Crippen LogP contribution in [0.5, 0.6) is 5.75 Å². The number of rotatable bonds is 4. The highest BCUT2D eigenvalue weighted by atomic mass is 16.5. The first-order valence-corrected chi connectivity index (χ1v) is 5.70. The minimum absolute atomic E-state index is 0.127. The number of pyridine rings is 1. The van der Waals surface area contributed by atoms with Crippen LogP contribution < -0.4 is 10.5 Å². The van der Waals surface area contributed by atoms with Crippen LogP contribution in [0.4, 0.5) is 0 Å². The molecule has 0 unspecified atom stereocenters. The van der Waals surface area contributed by atoms with Gasteiger partial charge in [0.05, 0.1) is 11.8 Å². The highest BCUT2D eigenvalue weighted by Gasteiger charge is 2.25. The number of hydrogen-bond acceptors (Lipinski definition) is 4. The maximum atomic E-state index is 11.7. The molecular weight excluding hydrogens is 218 g/mol. The molecule has 1 amide bonds. The molecule has 5 heteroatoms. The van der Waals surface area contributed by atoms with Gasteiger partial charge in [-0.3, -0.25) is 4.79 Å². The molecule has 2 N–H and O–H groups in total. The van der Waals surface area contributed by atoms with Gasteiger partial charge in [-0.25, -0.2) is 4.98 Å². The highest BCUT2D eigenvalue weighted by Crippen LogP contribution is 2.28. The number of hydrogen-bond donors (Lipinski definition) is 1. The summed E-state index contributed by atoms with van der Waals surface area (Å²) in [7, 11) is 3.39. The standard InChI is InChI=1S/C12H17N3O2/c1-15(2)12(16)9-5-6-11(10(7-13)14-9)17-8-3-4-8/h5-6,8H,3-4,7,13H2,1-2H3. The van der Waals surface area contributed by atoms with Crippen LogP contribution in [-0.4, -0.2) is 36.0 Å². The van der Waals surface area contributed by atoms with Crippen LogP contribution in [-0.2, 0) is 6.54 Å². The van der Waals surface area contributed by atoms with Gasteiger partial charge in [0.25, 0.3) is 5.91 Å². The van der Waals surface area contributed by atoms with Gasteiger partial charge in [-0.2, -0.15) is 0 Å². The van der Waals surface area contributed by atoms with E-state index in [1.807, 2.05) is 0 Å². The molecule has 1 saturated carbocycles. The van der Waals surface area contributed by atoms with Crippen molar-refractivity contribution in [2.75, 3.05) is 14.1 Å². The molecule has 0 aromatic carbocycles. The van der Waals surface area contributed by atoms with E-state index < -0.39 is 0 Å². The second kappa shape index (κ2) is 4.71. The van der Waals surface area contributed by atoms with Crippen molar-refractivity contribution in [3.05, 3.63) is 23.5 Å². The van der Waals surface area contributed by atoms with Gasteiger partial charge < -0.3 is 15.4 Å². The molecule has 17 heavy (non-hydrogen) atoms. The Kier molecular flexibility index (Phi) is 3.28. The monoisotopic (exact) mass is 235 g/mol. The summed E-state index contributed by atoms with van der Waals surface area (Å²) < 4.78 is 5.68. The van der Waals surface area contributed by atoms with Crippen molar-refractivity contribution >= 4 is 5.91 Å². The van der Waals surface area contributed by atoms with Gasteiger partial charge in [0.15, 0.2) is 0 Å².